The van der Waals surface area contributed by atoms with Crippen LogP contribution in [-0.4, -0.2) is 66.5 Å². The van der Waals surface area contributed by atoms with E-state index < -0.39 is 35.9 Å². The molecule has 10 nitrogen and oxygen atoms in total. The SMILES string of the molecule is COCCOc1ccc2c(OC(N)=O)cn(CC(=O)N3C[C@H](F)C[C@H]3C(=O)NCc3cccc(Cl)c3F)c2c1. The summed E-state index contributed by atoms with van der Waals surface area (Å²) in [5.74, 6) is -1.23. The van der Waals surface area contributed by atoms with Gasteiger partial charge in [0.15, 0.2) is 5.75 Å². The zero-order valence-electron chi connectivity index (χ0n) is 21.0. The molecule has 1 aromatic heterocycles. The Morgan fingerprint density at radius 1 is 1.21 bits per heavy atom. The number of halogens is 3. The summed E-state index contributed by atoms with van der Waals surface area (Å²) < 4.78 is 45.8. The standard InChI is InChI=1S/C26H27ClF2N4O6/c1-37-7-8-38-17-5-6-18-20(10-17)32(13-22(18)39-26(30)36)14-23(34)33-12-16(28)9-21(33)25(35)31-11-15-3-2-4-19(27)24(15)29/h2-6,10,13,16,21H,7-9,11-12,14H2,1H3,(H2,30,36)(H,31,35)/t16-,21+/m1/s1. The molecule has 0 saturated carbocycles. The number of carbonyl (C=O) groups excluding carboxylic acids is 3. The van der Waals surface area contributed by atoms with Crippen LogP contribution in [0.2, 0.25) is 5.02 Å². The highest BCUT2D eigenvalue weighted by molar-refractivity contribution is 6.30. The van der Waals surface area contributed by atoms with E-state index in [1.807, 2.05) is 0 Å². The zero-order valence-corrected chi connectivity index (χ0v) is 21.7. The van der Waals surface area contributed by atoms with Crippen molar-refractivity contribution in [2.45, 2.75) is 31.7 Å². The molecule has 0 spiro atoms. The van der Waals surface area contributed by atoms with Gasteiger partial charge >= 0.3 is 6.09 Å². The van der Waals surface area contributed by atoms with Gasteiger partial charge in [-0.3, -0.25) is 9.59 Å². The second kappa shape index (κ2) is 12.3. The van der Waals surface area contributed by atoms with Crippen molar-refractivity contribution in [3.05, 3.63) is 59.0 Å². The van der Waals surface area contributed by atoms with Crippen molar-refractivity contribution in [3.8, 4) is 11.5 Å². The minimum atomic E-state index is -1.41. The van der Waals surface area contributed by atoms with Gasteiger partial charge in [-0.05, 0) is 18.2 Å². The summed E-state index contributed by atoms with van der Waals surface area (Å²) in [6.07, 6.45) is -1.22. The first kappa shape index (κ1) is 28.1. The molecule has 0 radical (unpaired) electrons. The number of aromatic nitrogens is 1. The van der Waals surface area contributed by atoms with E-state index in [4.69, 9.17) is 31.5 Å². The Bertz CT molecular complexity index is 1380. The number of benzene rings is 2. The summed E-state index contributed by atoms with van der Waals surface area (Å²) in [6.45, 7) is -0.103. The summed E-state index contributed by atoms with van der Waals surface area (Å²) in [4.78, 5) is 38.8. The van der Waals surface area contributed by atoms with E-state index in [0.717, 1.165) is 4.90 Å². The van der Waals surface area contributed by atoms with E-state index in [1.165, 1.54) is 22.9 Å². The summed E-state index contributed by atoms with van der Waals surface area (Å²) >= 11 is 5.79. The number of hydrogen-bond donors (Lipinski definition) is 2. The fraction of sp³-hybridized carbons (Fsp3) is 0.346. The van der Waals surface area contributed by atoms with Crippen molar-refractivity contribution in [3.63, 3.8) is 0 Å². The second-order valence-electron chi connectivity index (χ2n) is 8.89. The number of primary amides is 1. The Morgan fingerprint density at radius 2 is 2.00 bits per heavy atom. The van der Waals surface area contributed by atoms with Crippen LogP contribution in [0.1, 0.15) is 12.0 Å². The third-order valence-electron chi connectivity index (χ3n) is 6.25. The lowest BCUT2D eigenvalue weighted by Gasteiger charge is -2.24. The normalized spacial score (nSPS) is 16.9. The smallest absolute Gasteiger partial charge is 0.410 e. The number of ether oxygens (including phenoxy) is 3. The molecule has 0 aliphatic carbocycles. The van der Waals surface area contributed by atoms with Gasteiger partial charge in [0.05, 0.1) is 23.7 Å². The number of alkyl halides is 1. The number of carbonyl (C=O) groups is 3. The molecular weight excluding hydrogens is 538 g/mol. The van der Waals surface area contributed by atoms with E-state index in [1.54, 1.807) is 31.4 Å². The molecule has 3 aromatic rings. The first-order valence-electron chi connectivity index (χ1n) is 12.0. The Balaban J connectivity index is 1.53. The van der Waals surface area contributed by atoms with Crippen LogP contribution in [0.15, 0.2) is 42.6 Å². The number of hydrogen-bond acceptors (Lipinski definition) is 6. The molecule has 1 fully saturated rings. The summed E-state index contributed by atoms with van der Waals surface area (Å²) in [7, 11) is 1.54. The molecule has 1 aliphatic heterocycles. The minimum absolute atomic E-state index is 0.0888. The van der Waals surface area contributed by atoms with E-state index >= 15 is 0 Å². The van der Waals surface area contributed by atoms with Crippen LogP contribution in [0, 0.1) is 5.82 Å². The maximum Gasteiger partial charge on any atom is 0.410 e. The number of likely N-dealkylation sites (tertiary alicyclic amines) is 1. The van der Waals surface area contributed by atoms with E-state index in [-0.39, 0.29) is 49.0 Å². The van der Waals surface area contributed by atoms with Gasteiger partial charge in [-0.15, -0.1) is 0 Å². The number of nitrogens with two attached hydrogens (primary N) is 1. The molecule has 2 atom stereocenters. The first-order valence-corrected chi connectivity index (χ1v) is 12.4. The highest BCUT2D eigenvalue weighted by Crippen LogP contribution is 2.32. The Kier molecular flexibility index (Phi) is 8.87. The zero-order chi connectivity index (χ0) is 28.1. The lowest BCUT2D eigenvalue weighted by Crippen LogP contribution is -2.46. The maximum atomic E-state index is 14.4. The topological polar surface area (TPSA) is 125 Å². The number of methoxy groups -OCH3 is 1. The van der Waals surface area contributed by atoms with Crippen LogP contribution in [0.3, 0.4) is 0 Å². The van der Waals surface area contributed by atoms with E-state index in [9.17, 15) is 23.2 Å². The average molecular weight is 565 g/mol. The van der Waals surface area contributed by atoms with Gasteiger partial charge in [-0.1, -0.05) is 23.7 Å². The second-order valence-corrected chi connectivity index (χ2v) is 9.30. The van der Waals surface area contributed by atoms with Gasteiger partial charge in [0.1, 0.15) is 36.9 Å². The fourth-order valence-electron chi connectivity index (χ4n) is 4.42. The van der Waals surface area contributed by atoms with Gasteiger partial charge in [0, 0.05) is 43.3 Å². The molecule has 3 amide bonds. The lowest BCUT2D eigenvalue weighted by molar-refractivity contribution is -0.139. The van der Waals surface area contributed by atoms with Crippen LogP contribution >= 0.6 is 11.6 Å². The number of rotatable bonds is 10. The molecule has 4 rings (SSSR count). The fourth-order valence-corrected chi connectivity index (χ4v) is 4.62. The Labute approximate surface area is 227 Å². The summed E-state index contributed by atoms with van der Waals surface area (Å²) in [5.41, 5.74) is 5.84. The predicted molar refractivity (Wildman–Crippen MR) is 138 cm³/mol. The van der Waals surface area contributed by atoms with Gasteiger partial charge in [0.25, 0.3) is 0 Å². The molecule has 0 unspecified atom stereocenters. The van der Waals surface area contributed by atoms with Gasteiger partial charge in [-0.2, -0.15) is 0 Å². The minimum Gasteiger partial charge on any atom is -0.491 e. The molecule has 13 heteroatoms. The van der Waals surface area contributed by atoms with Crippen molar-refractivity contribution < 1.29 is 37.4 Å². The number of nitrogens with zero attached hydrogens (tertiary/aromatic N) is 2. The van der Waals surface area contributed by atoms with Crippen molar-refractivity contribution in [1.29, 1.82) is 0 Å². The van der Waals surface area contributed by atoms with Crippen LogP contribution in [0.25, 0.3) is 10.9 Å². The lowest BCUT2D eigenvalue weighted by atomic mass is 10.1. The number of fused-ring (bicyclic) bond motifs is 1. The monoisotopic (exact) mass is 564 g/mol. The molecule has 1 saturated heterocycles. The van der Waals surface area contributed by atoms with Crippen LogP contribution < -0.4 is 20.5 Å². The molecule has 208 valence electrons. The summed E-state index contributed by atoms with van der Waals surface area (Å²) in [6, 6.07) is 8.26. The Hall–Kier alpha value is -3.90. The Morgan fingerprint density at radius 3 is 2.74 bits per heavy atom. The number of nitrogens with one attached hydrogen (secondary N) is 1. The molecule has 2 aromatic carbocycles. The van der Waals surface area contributed by atoms with Gasteiger partial charge in [-0.25, -0.2) is 13.6 Å². The molecule has 1 aliphatic rings. The van der Waals surface area contributed by atoms with Crippen molar-refractivity contribution in [1.82, 2.24) is 14.8 Å². The molecular formula is C26H27ClF2N4O6. The molecule has 2 heterocycles. The van der Waals surface area contributed by atoms with Gasteiger partial charge < -0.3 is 34.7 Å². The first-order chi connectivity index (χ1) is 18.7. The highest BCUT2D eigenvalue weighted by Gasteiger charge is 2.39. The molecule has 0 bridgehead atoms. The third kappa shape index (κ3) is 6.58. The van der Waals surface area contributed by atoms with Crippen LogP contribution in [-0.2, 0) is 27.4 Å². The third-order valence-corrected chi connectivity index (χ3v) is 6.54. The van der Waals surface area contributed by atoms with Crippen LogP contribution in [0.4, 0.5) is 13.6 Å². The van der Waals surface area contributed by atoms with E-state index in [2.05, 4.69) is 5.32 Å². The average Bonchev–Trinajstić information content (AvgIpc) is 3.44. The van der Waals surface area contributed by atoms with E-state index in [0.29, 0.717) is 23.3 Å². The number of amides is 3. The van der Waals surface area contributed by atoms with Crippen molar-refractivity contribution in [2.24, 2.45) is 5.73 Å². The largest absolute Gasteiger partial charge is 0.491 e. The quantitative estimate of drug-likeness (QED) is 0.364. The maximum absolute atomic E-state index is 14.4. The molecule has 39 heavy (non-hydrogen) atoms. The molecule has 3 N–H and O–H groups in total. The summed E-state index contributed by atoms with van der Waals surface area (Å²) in [5, 5.41) is 2.96. The van der Waals surface area contributed by atoms with Crippen molar-refractivity contribution >= 4 is 40.4 Å². The predicted octanol–water partition coefficient (Wildman–Crippen LogP) is 3.17. The highest BCUT2D eigenvalue weighted by atomic mass is 35.5. The van der Waals surface area contributed by atoms with Gasteiger partial charge in [0.2, 0.25) is 11.8 Å². The van der Waals surface area contributed by atoms with Crippen LogP contribution in [0.5, 0.6) is 11.5 Å². The van der Waals surface area contributed by atoms with Crippen molar-refractivity contribution in [2.75, 3.05) is 26.9 Å².